The van der Waals surface area contributed by atoms with Crippen molar-refractivity contribution in [3.63, 3.8) is 0 Å². The van der Waals surface area contributed by atoms with Gasteiger partial charge in [-0.25, -0.2) is 9.97 Å². The van der Waals surface area contributed by atoms with Crippen molar-refractivity contribution in [2.45, 2.75) is 43.9 Å². The number of anilines is 1. The van der Waals surface area contributed by atoms with Crippen LogP contribution in [0.2, 0.25) is 0 Å². The number of aromatic nitrogens is 2. The van der Waals surface area contributed by atoms with Crippen LogP contribution >= 0.6 is 11.8 Å². The molecule has 0 aliphatic heterocycles. The Morgan fingerprint density at radius 2 is 2.18 bits per heavy atom. The highest BCUT2D eigenvalue weighted by molar-refractivity contribution is 7.99. The lowest BCUT2D eigenvalue weighted by molar-refractivity contribution is 0.300. The normalized spacial score (nSPS) is 12.5. The third-order valence-electron chi connectivity index (χ3n) is 2.20. The van der Waals surface area contributed by atoms with E-state index in [0.29, 0.717) is 0 Å². The van der Waals surface area contributed by atoms with Gasteiger partial charge in [0.1, 0.15) is 16.7 Å². The smallest absolute Gasteiger partial charge is 0.131 e. The topological polar surface area (TPSA) is 58.0 Å². The summed E-state index contributed by atoms with van der Waals surface area (Å²) in [5.41, 5.74) is 0. The second-order valence-electron chi connectivity index (χ2n) is 3.90. The van der Waals surface area contributed by atoms with E-state index in [-0.39, 0.29) is 11.9 Å². The number of nitrogens with zero attached hydrogens (tertiary/aromatic N) is 2. The van der Waals surface area contributed by atoms with Gasteiger partial charge in [0.2, 0.25) is 0 Å². The van der Waals surface area contributed by atoms with Crippen LogP contribution in [0.3, 0.4) is 0 Å². The van der Waals surface area contributed by atoms with E-state index in [4.69, 9.17) is 5.11 Å². The average molecular weight is 255 g/mol. The van der Waals surface area contributed by atoms with E-state index in [1.807, 2.05) is 19.9 Å². The Labute approximate surface area is 107 Å². The van der Waals surface area contributed by atoms with Crippen LogP contribution in [0, 0.1) is 0 Å². The predicted octanol–water partition coefficient (Wildman–Crippen LogP) is 2.33. The summed E-state index contributed by atoms with van der Waals surface area (Å²) in [6, 6.07) is 1.95. The molecule has 0 spiro atoms. The maximum absolute atomic E-state index is 9.05. The molecule has 1 aromatic rings. The SMILES string of the molecule is CCCNc1cc(SC(C)CO)nc(CC)n1. The van der Waals surface area contributed by atoms with Gasteiger partial charge in [-0.15, -0.1) is 11.8 Å². The zero-order valence-corrected chi connectivity index (χ0v) is 11.5. The standard InChI is InChI=1S/C12H21N3OS/c1-4-6-13-11-7-12(17-9(3)8-16)15-10(5-2)14-11/h7,9,16H,4-6,8H2,1-3H3,(H,13,14,15). The zero-order valence-electron chi connectivity index (χ0n) is 10.7. The molecular weight excluding hydrogens is 234 g/mol. The number of aryl methyl sites for hydroxylation is 1. The van der Waals surface area contributed by atoms with Crippen molar-refractivity contribution in [2.75, 3.05) is 18.5 Å². The summed E-state index contributed by atoms with van der Waals surface area (Å²) >= 11 is 1.58. The van der Waals surface area contributed by atoms with Gasteiger partial charge in [0.05, 0.1) is 6.61 Å². The lowest BCUT2D eigenvalue weighted by Gasteiger charge is -2.10. The Morgan fingerprint density at radius 1 is 1.41 bits per heavy atom. The van der Waals surface area contributed by atoms with Gasteiger partial charge < -0.3 is 10.4 Å². The first-order valence-electron chi connectivity index (χ1n) is 6.08. The Bertz CT molecular complexity index is 347. The zero-order chi connectivity index (χ0) is 12.7. The predicted molar refractivity (Wildman–Crippen MR) is 72.6 cm³/mol. The van der Waals surface area contributed by atoms with Gasteiger partial charge in [-0.3, -0.25) is 0 Å². The van der Waals surface area contributed by atoms with Crippen LogP contribution in [0.4, 0.5) is 5.82 Å². The average Bonchev–Trinajstić information content (AvgIpc) is 2.35. The lowest BCUT2D eigenvalue weighted by Crippen LogP contribution is -2.07. The number of hydrogen-bond donors (Lipinski definition) is 2. The summed E-state index contributed by atoms with van der Waals surface area (Å²) in [5.74, 6) is 1.73. The lowest BCUT2D eigenvalue weighted by atomic mass is 10.4. The number of aliphatic hydroxyl groups is 1. The minimum atomic E-state index is 0.161. The number of hydrogen-bond acceptors (Lipinski definition) is 5. The summed E-state index contributed by atoms with van der Waals surface area (Å²) < 4.78 is 0. The van der Waals surface area contributed by atoms with Gasteiger partial charge in [0, 0.05) is 24.3 Å². The van der Waals surface area contributed by atoms with Gasteiger partial charge in [0.25, 0.3) is 0 Å². The molecular formula is C12H21N3OS. The Morgan fingerprint density at radius 3 is 2.76 bits per heavy atom. The van der Waals surface area contributed by atoms with E-state index < -0.39 is 0 Å². The molecule has 0 radical (unpaired) electrons. The van der Waals surface area contributed by atoms with Gasteiger partial charge in [0.15, 0.2) is 0 Å². The first-order valence-corrected chi connectivity index (χ1v) is 6.96. The molecule has 0 bridgehead atoms. The second kappa shape index (κ2) is 7.50. The van der Waals surface area contributed by atoms with Gasteiger partial charge in [-0.1, -0.05) is 20.8 Å². The molecule has 1 rings (SSSR count). The van der Waals surface area contributed by atoms with Crippen LogP contribution < -0.4 is 5.32 Å². The highest BCUT2D eigenvalue weighted by Crippen LogP contribution is 2.23. The Hall–Kier alpha value is -0.810. The van der Waals surface area contributed by atoms with E-state index in [2.05, 4.69) is 22.2 Å². The maximum atomic E-state index is 9.05. The minimum absolute atomic E-state index is 0.161. The maximum Gasteiger partial charge on any atom is 0.131 e. The number of rotatable bonds is 7. The number of thioether (sulfide) groups is 1. The molecule has 96 valence electrons. The van der Waals surface area contributed by atoms with E-state index in [1.165, 1.54) is 0 Å². The van der Waals surface area contributed by atoms with Gasteiger partial charge in [-0.2, -0.15) is 0 Å². The highest BCUT2D eigenvalue weighted by atomic mass is 32.2. The quantitative estimate of drug-likeness (QED) is 0.578. The number of aliphatic hydroxyl groups excluding tert-OH is 1. The van der Waals surface area contributed by atoms with Crippen molar-refractivity contribution in [3.8, 4) is 0 Å². The molecule has 1 atom stereocenters. The summed E-state index contributed by atoms with van der Waals surface area (Å²) in [6.07, 6.45) is 1.89. The fourth-order valence-electron chi connectivity index (χ4n) is 1.28. The molecule has 0 amide bonds. The summed E-state index contributed by atoms with van der Waals surface area (Å²) in [6.45, 7) is 7.23. The van der Waals surface area contributed by atoms with E-state index in [0.717, 1.165) is 36.1 Å². The molecule has 17 heavy (non-hydrogen) atoms. The molecule has 1 unspecified atom stereocenters. The molecule has 1 aromatic heterocycles. The van der Waals surface area contributed by atoms with Crippen molar-refractivity contribution < 1.29 is 5.11 Å². The summed E-state index contributed by atoms with van der Waals surface area (Å²) in [4.78, 5) is 8.87. The van der Waals surface area contributed by atoms with Gasteiger partial charge in [-0.05, 0) is 6.42 Å². The summed E-state index contributed by atoms with van der Waals surface area (Å²) in [5, 5.41) is 13.4. The molecule has 0 saturated heterocycles. The van der Waals surface area contributed by atoms with Gasteiger partial charge >= 0.3 is 0 Å². The first kappa shape index (κ1) is 14.3. The summed E-state index contributed by atoms with van der Waals surface area (Å²) in [7, 11) is 0. The van der Waals surface area contributed by atoms with Crippen molar-refractivity contribution in [1.29, 1.82) is 0 Å². The monoisotopic (exact) mass is 255 g/mol. The highest BCUT2D eigenvalue weighted by Gasteiger charge is 2.07. The van der Waals surface area contributed by atoms with Crippen molar-refractivity contribution >= 4 is 17.6 Å². The third-order valence-corrected chi connectivity index (χ3v) is 3.20. The largest absolute Gasteiger partial charge is 0.395 e. The van der Waals surface area contributed by atoms with E-state index >= 15 is 0 Å². The van der Waals surface area contributed by atoms with Crippen molar-refractivity contribution in [2.24, 2.45) is 0 Å². The van der Waals surface area contributed by atoms with E-state index in [9.17, 15) is 0 Å². The Kier molecular flexibility index (Phi) is 6.29. The number of nitrogens with one attached hydrogen (secondary N) is 1. The van der Waals surface area contributed by atoms with Crippen LogP contribution in [0.5, 0.6) is 0 Å². The van der Waals surface area contributed by atoms with Crippen LogP contribution in [0.25, 0.3) is 0 Å². The van der Waals surface area contributed by atoms with Crippen molar-refractivity contribution in [1.82, 2.24) is 9.97 Å². The molecule has 5 heteroatoms. The van der Waals surface area contributed by atoms with Crippen molar-refractivity contribution in [3.05, 3.63) is 11.9 Å². The third kappa shape index (κ3) is 4.91. The molecule has 0 aliphatic carbocycles. The molecule has 2 N–H and O–H groups in total. The molecule has 0 aromatic carbocycles. The fraction of sp³-hybridized carbons (Fsp3) is 0.667. The molecule has 0 fully saturated rings. The van der Waals surface area contributed by atoms with Crippen LogP contribution in [-0.2, 0) is 6.42 Å². The van der Waals surface area contributed by atoms with E-state index in [1.54, 1.807) is 11.8 Å². The first-order chi connectivity index (χ1) is 8.19. The minimum Gasteiger partial charge on any atom is -0.395 e. The van der Waals surface area contributed by atoms with Crippen LogP contribution in [-0.4, -0.2) is 33.5 Å². The fourth-order valence-corrected chi connectivity index (χ4v) is 2.10. The second-order valence-corrected chi connectivity index (χ2v) is 5.36. The molecule has 0 aliphatic rings. The Balaban J connectivity index is 2.80. The van der Waals surface area contributed by atoms with Crippen LogP contribution in [0.15, 0.2) is 11.1 Å². The molecule has 1 heterocycles. The molecule has 0 saturated carbocycles. The molecule has 4 nitrogen and oxygen atoms in total. The van der Waals surface area contributed by atoms with Crippen LogP contribution in [0.1, 0.15) is 33.0 Å².